The van der Waals surface area contributed by atoms with Crippen LogP contribution in [0, 0.1) is 0 Å². The zero-order valence-electron chi connectivity index (χ0n) is 13.7. The smallest absolute Gasteiger partial charge is 0.309 e. The molecular formula is C12H20N4O8S2. The molecule has 14 heteroatoms. The topological polar surface area (TPSA) is 162 Å². The minimum Gasteiger partial charge on any atom is -0.309 e. The maximum atomic E-state index is 12.4. The van der Waals surface area contributed by atoms with Gasteiger partial charge in [-0.1, -0.05) is 0 Å². The second kappa shape index (κ2) is 6.92. The summed E-state index contributed by atoms with van der Waals surface area (Å²) in [5.41, 5.74) is 5.31. The zero-order valence-corrected chi connectivity index (χ0v) is 15.3. The molecule has 3 aliphatic heterocycles. The lowest BCUT2D eigenvalue weighted by Gasteiger charge is -2.30. The summed E-state index contributed by atoms with van der Waals surface area (Å²) < 4.78 is 57.5. The van der Waals surface area contributed by atoms with Crippen LogP contribution in [-0.4, -0.2) is 79.5 Å². The van der Waals surface area contributed by atoms with E-state index >= 15 is 0 Å². The highest BCUT2D eigenvalue weighted by atomic mass is 32.3. The Balaban J connectivity index is 1.55. The molecule has 12 nitrogen and oxygen atoms in total. The molecular weight excluding hydrogens is 392 g/mol. The van der Waals surface area contributed by atoms with Crippen molar-refractivity contribution in [1.82, 2.24) is 20.8 Å². The molecule has 0 radical (unpaired) electrons. The first-order valence-electron chi connectivity index (χ1n) is 8.08. The van der Waals surface area contributed by atoms with Crippen LogP contribution in [-0.2, 0) is 29.3 Å². The van der Waals surface area contributed by atoms with E-state index in [9.17, 15) is 26.4 Å². The second-order valence-electron chi connectivity index (χ2n) is 6.57. The number of carbonyl (C=O) groups is 2. The van der Waals surface area contributed by atoms with Gasteiger partial charge in [0, 0.05) is 12.6 Å². The second-order valence-corrected chi connectivity index (χ2v) is 9.88. The van der Waals surface area contributed by atoms with Gasteiger partial charge in [-0.15, -0.1) is 4.28 Å². The Morgan fingerprint density at radius 3 is 2.46 bits per heavy atom. The summed E-state index contributed by atoms with van der Waals surface area (Å²) in [6, 6.07) is -2.36. The third-order valence-corrected chi connectivity index (χ3v) is 6.82. The SMILES string of the molecule is O=C(NNC1CCS(=O)(=O)CC1)[C@@H]1CC[C@@H]2CN1C(=O)N2OS(=O)(=O)O. The number of piperidine rings is 1. The van der Waals surface area contributed by atoms with Gasteiger partial charge >= 0.3 is 16.4 Å². The van der Waals surface area contributed by atoms with Crippen LogP contribution in [0.25, 0.3) is 0 Å². The van der Waals surface area contributed by atoms with E-state index in [0.717, 1.165) is 0 Å². The average molecular weight is 412 g/mol. The lowest BCUT2D eigenvalue weighted by atomic mass is 10.0. The molecule has 2 atom stereocenters. The predicted octanol–water partition coefficient (Wildman–Crippen LogP) is -1.81. The number of amides is 3. The number of hydrogen-bond acceptors (Lipinski definition) is 8. The fourth-order valence-electron chi connectivity index (χ4n) is 3.39. The number of rotatable bonds is 5. The molecule has 0 unspecified atom stereocenters. The Labute approximate surface area is 150 Å². The van der Waals surface area contributed by atoms with Gasteiger partial charge in [0.1, 0.15) is 15.9 Å². The predicted molar refractivity (Wildman–Crippen MR) is 86.3 cm³/mol. The molecule has 3 rings (SSSR count). The van der Waals surface area contributed by atoms with E-state index in [-0.39, 0.29) is 24.1 Å². The van der Waals surface area contributed by atoms with Crippen molar-refractivity contribution in [2.45, 2.75) is 43.8 Å². The minimum atomic E-state index is -4.83. The van der Waals surface area contributed by atoms with Crippen LogP contribution in [0.5, 0.6) is 0 Å². The highest BCUT2D eigenvalue weighted by molar-refractivity contribution is 7.91. The highest BCUT2D eigenvalue weighted by Crippen LogP contribution is 2.30. The molecule has 0 saturated carbocycles. The molecule has 3 fully saturated rings. The van der Waals surface area contributed by atoms with Crippen molar-refractivity contribution in [1.29, 1.82) is 0 Å². The summed E-state index contributed by atoms with van der Waals surface area (Å²) in [6.45, 7) is 0.105. The van der Waals surface area contributed by atoms with Crippen LogP contribution in [0.15, 0.2) is 0 Å². The first-order chi connectivity index (χ1) is 12.1. The van der Waals surface area contributed by atoms with Crippen molar-refractivity contribution < 1.29 is 35.3 Å². The molecule has 0 spiro atoms. The quantitative estimate of drug-likeness (QED) is 0.349. The summed E-state index contributed by atoms with van der Waals surface area (Å²) in [5.74, 6) is -0.366. The van der Waals surface area contributed by atoms with E-state index in [1.54, 1.807) is 0 Å². The molecule has 0 aromatic heterocycles. The number of nitrogens with zero attached hydrogens (tertiary/aromatic N) is 2. The Morgan fingerprint density at radius 1 is 1.19 bits per heavy atom. The Bertz CT molecular complexity index is 784. The van der Waals surface area contributed by atoms with E-state index in [1.807, 2.05) is 0 Å². The third-order valence-electron chi connectivity index (χ3n) is 4.75. The van der Waals surface area contributed by atoms with Gasteiger partial charge in [-0.05, 0) is 25.7 Å². The van der Waals surface area contributed by atoms with E-state index in [4.69, 9.17) is 4.55 Å². The number of hydrazine groups is 1. The van der Waals surface area contributed by atoms with Gasteiger partial charge in [-0.3, -0.25) is 14.8 Å². The number of hydroxylamine groups is 2. The number of nitrogens with one attached hydrogen (secondary N) is 2. The molecule has 0 aromatic carbocycles. The number of carbonyl (C=O) groups excluding carboxylic acids is 2. The van der Waals surface area contributed by atoms with Crippen LogP contribution in [0.2, 0.25) is 0 Å². The van der Waals surface area contributed by atoms with Crippen LogP contribution in [0.1, 0.15) is 25.7 Å². The van der Waals surface area contributed by atoms with Crippen LogP contribution < -0.4 is 10.9 Å². The fourth-order valence-corrected chi connectivity index (χ4v) is 5.27. The van der Waals surface area contributed by atoms with E-state index in [2.05, 4.69) is 15.1 Å². The maximum absolute atomic E-state index is 12.4. The van der Waals surface area contributed by atoms with Crippen molar-refractivity contribution in [3.63, 3.8) is 0 Å². The molecule has 3 N–H and O–H groups in total. The summed E-state index contributed by atoms with van der Waals surface area (Å²) in [6.07, 6.45) is 1.40. The van der Waals surface area contributed by atoms with Crippen molar-refractivity contribution in [2.24, 2.45) is 0 Å². The number of sulfone groups is 1. The Hall–Kier alpha value is -1.48. The van der Waals surface area contributed by atoms with Gasteiger partial charge in [0.05, 0.1) is 17.5 Å². The Morgan fingerprint density at radius 2 is 1.85 bits per heavy atom. The molecule has 3 aliphatic rings. The number of urea groups is 1. The van der Waals surface area contributed by atoms with Crippen molar-refractivity contribution in [3.05, 3.63) is 0 Å². The summed E-state index contributed by atoms with van der Waals surface area (Å²) >= 11 is 0. The summed E-state index contributed by atoms with van der Waals surface area (Å²) in [5, 5.41) is 0.571. The molecule has 3 heterocycles. The lowest BCUT2D eigenvalue weighted by molar-refractivity contribution is -0.127. The number of fused-ring (bicyclic) bond motifs is 2. The molecule has 26 heavy (non-hydrogen) atoms. The van der Waals surface area contributed by atoms with Gasteiger partial charge in [-0.25, -0.2) is 18.6 Å². The Kier molecular flexibility index (Phi) is 5.13. The molecule has 2 bridgehead atoms. The van der Waals surface area contributed by atoms with Gasteiger partial charge in [0.25, 0.3) is 5.91 Å². The summed E-state index contributed by atoms with van der Waals surface area (Å²) in [7, 11) is -7.84. The largest absolute Gasteiger partial charge is 0.418 e. The van der Waals surface area contributed by atoms with E-state index in [0.29, 0.717) is 30.7 Å². The molecule has 3 amide bonds. The highest BCUT2D eigenvalue weighted by Gasteiger charge is 2.49. The summed E-state index contributed by atoms with van der Waals surface area (Å²) in [4.78, 5) is 25.8. The van der Waals surface area contributed by atoms with E-state index < -0.39 is 44.3 Å². The van der Waals surface area contributed by atoms with Crippen LogP contribution >= 0.6 is 0 Å². The van der Waals surface area contributed by atoms with Crippen molar-refractivity contribution in [3.8, 4) is 0 Å². The molecule has 0 aliphatic carbocycles. The molecule has 3 saturated heterocycles. The van der Waals surface area contributed by atoms with Crippen molar-refractivity contribution >= 4 is 32.2 Å². The van der Waals surface area contributed by atoms with Gasteiger partial charge in [0.15, 0.2) is 0 Å². The molecule has 148 valence electrons. The van der Waals surface area contributed by atoms with Gasteiger partial charge < -0.3 is 4.90 Å². The molecule has 0 aromatic rings. The monoisotopic (exact) mass is 412 g/mol. The minimum absolute atomic E-state index is 0.0538. The lowest BCUT2D eigenvalue weighted by Crippen LogP contribution is -2.55. The standard InChI is InChI=1S/C12H20N4O8S2/c17-11(14-13-8-3-5-25(19,20)6-4-8)10-2-1-9-7-15(10)12(18)16(9)24-26(21,22)23/h8-10,13H,1-7H2,(H,14,17)(H,21,22,23)/t9-,10+/m1/s1. The fraction of sp³-hybridized carbons (Fsp3) is 0.833. The van der Waals surface area contributed by atoms with Crippen LogP contribution in [0.4, 0.5) is 4.79 Å². The van der Waals surface area contributed by atoms with Crippen LogP contribution in [0.3, 0.4) is 0 Å². The first-order valence-corrected chi connectivity index (χ1v) is 11.3. The third kappa shape index (κ3) is 4.25. The average Bonchev–Trinajstić information content (AvgIpc) is 2.77. The first kappa shape index (κ1) is 19.3. The van der Waals surface area contributed by atoms with E-state index in [1.165, 1.54) is 4.90 Å². The normalized spacial score (nSPS) is 29.0. The zero-order chi connectivity index (χ0) is 19.1. The number of hydrogen-bond donors (Lipinski definition) is 3. The van der Waals surface area contributed by atoms with Gasteiger partial charge in [-0.2, -0.15) is 13.5 Å². The maximum Gasteiger partial charge on any atom is 0.418 e. The van der Waals surface area contributed by atoms with Gasteiger partial charge in [0.2, 0.25) is 0 Å². The van der Waals surface area contributed by atoms with Crippen molar-refractivity contribution in [2.75, 3.05) is 18.1 Å².